The molecular formula is C7H6ClN3O2S. The first-order valence-corrected chi connectivity index (χ1v) is 5.17. The smallest absolute Gasteiger partial charge is 0.230 e. The van der Waals surface area contributed by atoms with Crippen molar-refractivity contribution in [3.63, 3.8) is 0 Å². The first kappa shape index (κ1) is 9.54. The van der Waals surface area contributed by atoms with Gasteiger partial charge in [0.2, 0.25) is 16.3 Å². The van der Waals surface area contributed by atoms with E-state index in [1.165, 1.54) is 16.2 Å². The Morgan fingerprint density at radius 3 is 2.43 bits per heavy atom. The summed E-state index contributed by atoms with van der Waals surface area (Å²) in [5.74, 6) is -0.303. The minimum Gasteiger partial charge on any atom is -0.276 e. The van der Waals surface area contributed by atoms with Gasteiger partial charge in [-0.25, -0.2) is 0 Å². The zero-order valence-electron chi connectivity index (χ0n) is 7.07. The Balaban J connectivity index is 2.10. The molecule has 1 aliphatic heterocycles. The van der Waals surface area contributed by atoms with Gasteiger partial charge in [0, 0.05) is 12.8 Å². The Labute approximate surface area is 88.7 Å². The van der Waals surface area contributed by atoms with E-state index in [0.29, 0.717) is 22.3 Å². The number of rotatable bonds is 2. The molecule has 0 spiro atoms. The average Bonchev–Trinajstić information content (AvgIpc) is 2.67. The summed E-state index contributed by atoms with van der Waals surface area (Å²) >= 11 is 6.75. The number of aromatic nitrogens is 2. The molecule has 0 saturated carbocycles. The molecule has 5 nitrogen and oxygen atoms in total. The maximum absolute atomic E-state index is 11.2. The topological polar surface area (TPSA) is 63.2 Å². The van der Waals surface area contributed by atoms with Crippen LogP contribution in [0.3, 0.4) is 0 Å². The van der Waals surface area contributed by atoms with Crippen molar-refractivity contribution in [1.29, 1.82) is 0 Å². The van der Waals surface area contributed by atoms with Crippen LogP contribution in [0.15, 0.2) is 0 Å². The quantitative estimate of drug-likeness (QED) is 0.708. The molecule has 74 valence electrons. The highest BCUT2D eigenvalue weighted by Crippen LogP contribution is 2.20. The minimum absolute atomic E-state index is 0.152. The van der Waals surface area contributed by atoms with Crippen LogP contribution >= 0.6 is 22.9 Å². The summed E-state index contributed by atoms with van der Waals surface area (Å²) in [5, 5.41) is 7.91. The molecule has 1 aromatic rings. The number of hydrogen-bond donors (Lipinski definition) is 0. The van der Waals surface area contributed by atoms with Crippen molar-refractivity contribution in [2.75, 3.05) is 0 Å². The highest BCUT2D eigenvalue weighted by atomic mass is 35.5. The third kappa shape index (κ3) is 1.76. The van der Waals surface area contributed by atoms with E-state index in [-0.39, 0.29) is 18.4 Å². The van der Waals surface area contributed by atoms with Gasteiger partial charge in [-0.2, -0.15) is 0 Å². The number of hydrogen-bond acceptors (Lipinski definition) is 5. The predicted molar refractivity (Wildman–Crippen MR) is 49.7 cm³/mol. The van der Waals surface area contributed by atoms with Gasteiger partial charge < -0.3 is 0 Å². The van der Waals surface area contributed by atoms with Gasteiger partial charge in [-0.1, -0.05) is 11.3 Å². The number of likely N-dealkylation sites (tertiary alicyclic amines) is 1. The van der Waals surface area contributed by atoms with Crippen molar-refractivity contribution in [3.05, 3.63) is 9.47 Å². The summed E-state index contributed by atoms with van der Waals surface area (Å²) in [7, 11) is 0. The molecule has 1 aromatic heterocycles. The van der Waals surface area contributed by atoms with Crippen LogP contribution in [-0.4, -0.2) is 26.9 Å². The normalized spacial score (nSPS) is 16.8. The van der Waals surface area contributed by atoms with Crippen LogP contribution in [0.2, 0.25) is 4.47 Å². The van der Waals surface area contributed by atoms with E-state index >= 15 is 0 Å². The molecule has 0 unspecified atom stereocenters. The lowest BCUT2D eigenvalue weighted by atomic mass is 10.4. The summed E-state index contributed by atoms with van der Waals surface area (Å²) in [6, 6.07) is 0. The van der Waals surface area contributed by atoms with Crippen molar-refractivity contribution in [2.45, 2.75) is 19.4 Å². The standard InChI is InChI=1S/C7H6ClN3O2S/c8-7-10-9-4(14-7)3-11-5(12)1-2-6(11)13/h1-3H2. The van der Waals surface area contributed by atoms with Crippen molar-refractivity contribution >= 4 is 34.8 Å². The van der Waals surface area contributed by atoms with Gasteiger partial charge in [-0.05, 0) is 11.6 Å². The second-order valence-corrected chi connectivity index (χ2v) is 4.47. The van der Waals surface area contributed by atoms with E-state index < -0.39 is 0 Å². The molecular weight excluding hydrogens is 226 g/mol. The van der Waals surface area contributed by atoms with E-state index in [1.807, 2.05) is 0 Å². The Morgan fingerprint density at radius 1 is 1.29 bits per heavy atom. The SMILES string of the molecule is O=C1CCC(=O)N1Cc1nnc(Cl)s1. The van der Waals surface area contributed by atoms with Gasteiger partial charge in [0.1, 0.15) is 5.01 Å². The van der Waals surface area contributed by atoms with Crippen molar-refractivity contribution in [3.8, 4) is 0 Å². The average molecular weight is 232 g/mol. The molecule has 7 heteroatoms. The second kappa shape index (κ2) is 3.62. The Hall–Kier alpha value is -1.01. The van der Waals surface area contributed by atoms with Crippen molar-refractivity contribution in [2.24, 2.45) is 0 Å². The molecule has 2 amide bonds. The molecule has 0 atom stereocenters. The summed E-state index contributed by atoms with van der Waals surface area (Å²) in [6.07, 6.45) is 0.594. The lowest BCUT2D eigenvalue weighted by molar-refractivity contribution is -0.139. The number of carbonyl (C=O) groups excluding carboxylic acids is 2. The molecule has 1 fully saturated rings. The van der Waals surface area contributed by atoms with Crippen LogP contribution < -0.4 is 0 Å². The van der Waals surface area contributed by atoms with Gasteiger partial charge in [0.25, 0.3) is 0 Å². The Morgan fingerprint density at radius 2 is 1.93 bits per heavy atom. The Kier molecular flexibility index (Phi) is 2.47. The van der Waals surface area contributed by atoms with Gasteiger partial charge >= 0.3 is 0 Å². The summed E-state index contributed by atoms with van der Waals surface area (Å²) < 4.78 is 0.319. The van der Waals surface area contributed by atoms with Crippen LogP contribution in [0, 0.1) is 0 Å². The fourth-order valence-electron chi connectivity index (χ4n) is 1.23. The molecule has 1 saturated heterocycles. The maximum Gasteiger partial charge on any atom is 0.230 e. The molecule has 2 heterocycles. The number of halogens is 1. The van der Waals surface area contributed by atoms with Crippen LogP contribution in [0.1, 0.15) is 17.8 Å². The number of amides is 2. The zero-order valence-corrected chi connectivity index (χ0v) is 8.64. The van der Waals surface area contributed by atoms with Gasteiger partial charge in [-0.15, -0.1) is 10.2 Å². The largest absolute Gasteiger partial charge is 0.276 e. The lowest BCUT2D eigenvalue weighted by Crippen LogP contribution is -2.28. The number of imide groups is 1. The first-order chi connectivity index (χ1) is 6.66. The fourth-order valence-corrected chi connectivity index (χ4v) is 2.09. The van der Waals surface area contributed by atoms with E-state index in [9.17, 15) is 9.59 Å². The predicted octanol–water partition coefficient (Wildman–Crippen LogP) is 0.840. The monoisotopic (exact) mass is 231 g/mol. The van der Waals surface area contributed by atoms with Crippen LogP contribution in [0.25, 0.3) is 0 Å². The molecule has 2 rings (SSSR count). The minimum atomic E-state index is -0.152. The van der Waals surface area contributed by atoms with Gasteiger partial charge in [0.05, 0.1) is 6.54 Å². The van der Waals surface area contributed by atoms with Crippen LogP contribution in [-0.2, 0) is 16.1 Å². The van der Waals surface area contributed by atoms with E-state index in [2.05, 4.69) is 10.2 Å². The highest BCUT2D eigenvalue weighted by molar-refractivity contribution is 7.15. The molecule has 0 radical (unpaired) electrons. The van der Waals surface area contributed by atoms with Crippen LogP contribution in [0.4, 0.5) is 0 Å². The second-order valence-electron chi connectivity index (χ2n) is 2.82. The molecule has 0 N–H and O–H groups in total. The first-order valence-electron chi connectivity index (χ1n) is 3.98. The van der Waals surface area contributed by atoms with Gasteiger partial charge in [-0.3, -0.25) is 14.5 Å². The van der Waals surface area contributed by atoms with Gasteiger partial charge in [0.15, 0.2) is 0 Å². The van der Waals surface area contributed by atoms with Crippen molar-refractivity contribution < 1.29 is 9.59 Å². The maximum atomic E-state index is 11.2. The Bertz CT molecular complexity index is 376. The van der Waals surface area contributed by atoms with Crippen molar-refractivity contribution in [1.82, 2.24) is 15.1 Å². The molecule has 1 aliphatic rings. The van der Waals surface area contributed by atoms with E-state index in [0.717, 1.165) is 0 Å². The number of nitrogens with zero attached hydrogens (tertiary/aromatic N) is 3. The van der Waals surface area contributed by atoms with E-state index in [4.69, 9.17) is 11.6 Å². The fraction of sp³-hybridized carbons (Fsp3) is 0.429. The van der Waals surface area contributed by atoms with E-state index in [1.54, 1.807) is 0 Å². The zero-order chi connectivity index (χ0) is 10.1. The summed E-state index contributed by atoms with van der Waals surface area (Å²) in [4.78, 5) is 23.6. The number of carbonyl (C=O) groups is 2. The van der Waals surface area contributed by atoms with Crippen LogP contribution in [0.5, 0.6) is 0 Å². The molecule has 0 aromatic carbocycles. The highest BCUT2D eigenvalue weighted by Gasteiger charge is 2.29. The molecule has 0 bridgehead atoms. The molecule has 0 aliphatic carbocycles. The summed E-state index contributed by atoms with van der Waals surface area (Å²) in [6.45, 7) is 0.196. The lowest BCUT2D eigenvalue weighted by Gasteiger charge is -2.10. The molecule has 14 heavy (non-hydrogen) atoms. The summed E-state index contributed by atoms with van der Waals surface area (Å²) in [5.41, 5.74) is 0. The third-order valence-corrected chi connectivity index (χ3v) is 2.89. The third-order valence-electron chi connectivity index (χ3n) is 1.89.